The molecule has 4 nitrogen and oxygen atoms in total. The minimum Gasteiger partial charge on any atom is -0.385 e. The molecular formula is C18H18ClNO3. The molecule has 2 aromatic rings. The highest BCUT2D eigenvalue weighted by Gasteiger charge is 2.31. The van der Waals surface area contributed by atoms with Crippen LogP contribution in [0.5, 0.6) is 0 Å². The second-order valence-corrected chi connectivity index (χ2v) is 6.16. The summed E-state index contributed by atoms with van der Waals surface area (Å²) < 4.78 is 0. The summed E-state index contributed by atoms with van der Waals surface area (Å²) in [7, 11) is 0. The van der Waals surface area contributed by atoms with Gasteiger partial charge in [0.15, 0.2) is 6.10 Å². The number of fused-ring (bicyclic) bond motifs is 1. The summed E-state index contributed by atoms with van der Waals surface area (Å²) in [6.07, 6.45) is -1.99. The predicted molar refractivity (Wildman–Crippen MR) is 88.0 cm³/mol. The number of hydrogen-bond donors (Lipinski definition) is 2. The van der Waals surface area contributed by atoms with E-state index in [1.54, 1.807) is 29.2 Å². The second kappa shape index (κ2) is 6.71. The molecular weight excluding hydrogens is 314 g/mol. The minimum absolute atomic E-state index is 0.396. The summed E-state index contributed by atoms with van der Waals surface area (Å²) in [6, 6.07) is 14.4. The number of halogens is 1. The van der Waals surface area contributed by atoms with Crippen LogP contribution in [0.15, 0.2) is 48.5 Å². The van der Waals surface area contributed by atoms with Gasteiger partial charge in [-0.3, -0.25) is 4.79 Å². The van der Waals surface area contributed by atoms with Gasteiger partial charge in [-0.05, 0) is 35.2 Å². The van der Waals surface area contributed by atoms with Crippen LogP contribution in [0.1, 0.15) is 22.8 Å². The fourth-order valence-electron chi connectivity index (χ4n) is 2.87. The Morgan fingerprint density at radius 1 is 1.09 bits per heavy atom. The second-order valence-electron chi connectivity index (χ2n) is 5.72. The fraction of sp³-hybridized carbons (Fsp3) is 0.278. The summed E-state index contributed by atoms with van der Waals surface area (Å²) in [6.45, 7) is 0.916. The van der Waals surface area contributed by atoms with Crippen molar-refractivity contribution in [1.29, 1.82) is 0 Å². The Bertz CT molecular complexity index is 705. The number of benzene rings is 2. The Hall–Kier alpha value is -1.88. The van der Waals surface area contributed by atoms with Gasteiger partial charge in [0.1, 0.15) is 6.10 Å². The van der Waals surface area contributed by atoms with E-state index in [-0.39, 0.29) is 0 Å². The third kappa shape index (κ3) is 3.39. The highest BCUT2D eigenvalue weighted by atomic mass is 35.5. The molecule has 1 heterocycles. The zero-order valence-electron chi connectivity index (χ0n) is 12.5. The zero-order chi connectivity index (χ0) is 16.4. The van der Waals surface area contributed by atoms with E-state index in [2.05, 4.69) is 0 Å². The Kier molecular flexibility index (Phi) is 4.66. The quantitative estimate of drug-likeness (QED) is 0.907. The number of carbonyl (C=O) groups is 1. The molecule has 1 aliphatic rings. The van der Waals surface area contributed by atoms with Crippen LogP contribution < -0.4 is 0 Å². The van der Waals surface area contributed by atoms with E-state index in [9.17, 15) is 15.0 Å². The number of aliphatic hydroxyl groups excluding tert-OH is 2. The van der Waals surface area contributed by atoms with Gasteiger partial charge in [-0.2, -0.15) is 0 Å². The fourth-order valence-corrected chi connectivity index (χ4v) is 3.06. The van der Waals surface area contributed by atoms with Crippen LogP contribution in [0.3, 0.4) is 0 Å². The zero-order valence-corrected chi connectivity index (χ0v) is 13.3. The SMILES string of the molecule is O=C(C(O)C(O)c1ccccc1)N1CCc2ccc(Cl)cc2C1. The molecule has 120 valence electrons. The van der Waals surface area contributed by atoms with Gasteiger partial charge in [0.25, 0.3) is 5.91 Å². The molecule has 0 radical (unpaired) electrons. The Morgan fingerprint density at radius 3 is 2.57 bits per heavy atom. The summed E-state index contributed by atoms with van der Waals surface area (Å²) in [4.78, 5) is 14.1. The summed E-state index contributed by atoms with van der Waals surface area (Å²) in [5.41, 5.74) is 2.67. The Labute approximate surface area is 139 Å². The maximum Gasteiger partial charge on any atom is 0.254 e. The largest absolute Gasteiger partial charge is 0.385 e. The van der Waals surface area contributed by atoms with E-state index >= 15 is 0 Å². The van der Waals surface area contributed by atoms with Crippen LogP contribution >= 0.6 is 11.6 Å². The monoisotopic (exact) mass is 331 g/mol. The predicted octanol–water partition coefficient (Wildman–Crippen LogP) is 2.32. The van der Waals surface area contributed by atoms with E-state index in [0.717, 1.165) is 11.1 Å². The standard InChI is InChI=1S/C18H18ClNO3/c19-15-7-6-12-8-9-20(11-14(12)10-15)18(23)17(22)16(21)13-4-2-1-3-5-13/h1-7,10,16-17,21-22H,8-9,11H2. The molecule has 2 unspecified atom stereocenters. The lowest BCUT2D eigenvalue weighted by Gasteiger charge is -2.31. The van der Waals surface area contributed by atoms with Crippen molar-refractivity contribution in [2.24, 2.45) is 0 Å². The molecule has 0 spiro atoms. The van der Waals surface area contributed by atoms with Gasteiger partial charge >= 0.3 is 0 Å². The van der Waals surface area contributed by atoms with Crippen molar-refractivity contribution >= 4 is 17.5 Å². The van der Waals surface area contributed by atoms with Crippen LogP contribution in [0.4, 0.5) is 0 Å². The maximum absolute atomic E-state index is 12.5. The van der Waals surface area contributed by atoms with Crippen molar-refractivity contribution in [3.05, 3.63) is 70.2 Å². The third-order valence-electron chi connectivity index (χ3n) is 4.19. The lowest BCUT2D eigenvalue weighted by molar-refractivity contribution is -0.147. The summed E-state index contributed by atoms with van der Waals surface area (Å²) in [5.74, 6) is -0.466. The summed E-state index contributed by atoms with van der Waals surface area (Å²) >= 11 is 6.00. The van der Waals surface area contributed by atoms with Crippen LogP contribution in [0.2, 0.25) is 5.02 Å². The molecule has 2 N–H and O–H groups in total. The number of nitrogens with zero attached hydrogens (tertiary/aromatic N) is 1. The molecule has 0 saturated carbocycles. The molecule has 0 bridgehead atoms. The van der Waals surface area contributed by atoms with E-state index in [1.807, 2.05) is 24.3 Å². The van der Waals surface area contributed by atoms with Crippen molar-refractivity contribution in [1.82, 2.24) is 4.90 Å². The molecule has 1 aliphatic heterocycles. The highest BCUT2D eigenvalue weighted by Crippen LogP contribution is 2.25. The van der Waals surface area contributed by atoms with Crippen LogP contribution in [0, 0.1) is 0 Å². The number of carbonyl (C=O) groups excluding carboxylic acids is 1. The Balaban J connectivity index is 1.73. The molecule has 23 heavy (non-hydrogen) atoms. The number of hydrogen-bond acceptors (Lipinski definition) is 3. The van der Waals surface area contributed by atoms with Gasteiger partial charge in [-0.1, -0.05) is 48.0 Å². The van der Waals surface area contributed by atoms with E-state index < -0.39 is 18.1 Å². The number of amides is 1. The van der Waals surface area contributed by atoms with Crippen molar-refractivity contribution in [3.8, 4) is 0 Å². The molecule has 1 amide bonds. The lowest BCUT2D eigenvalue weighted by atomic mass is 9.98. The average molecular weight is 332 g/mol. The van der Waals surface area contributed by atoms with Crippen molar-refractivity contribution in [2.75, 3.05) is 6.54 Å². The third-order valence-corrected chi connectivity index (χ3v) is 4.42. The molecule has 2 atom stereocenters. The van der Waals surface area contributed by atoms with Gasteiger partial charge in [0.05, 0.1) is 0 Å². The lowest BCUT2D eigenvalue weighted by Crippen LogP contribution is -2.44. The van der Waals surface area contributed by atoms with Crippen LogP contribution in [-0.4, -0.2) is 33.7 Å². The first kappa shape index (κ1) is 16.0. The normalized spacial score (nSPS) is 16.6. The van der Waals surface area contributed by atoms with Crippen LogP contribution in [-0.2, 0) is 17.8 Å². The van der Waals surface area contributed by atoms with E-state index in [1.165, 1.54) is 0 Å². The van der Waals surface area contributed by atoms with Gasteiger partial charge in [-0.25, -0.2) is 0 Å². The molecule has 0 aliphatic carbocycles. The first-order valence-electron chi connectivity index (χ1n) is 7.53. The molecule has 0 fully saturated rings. The highest BCUT2D eigenvalue weighted by molar-refractivity contribution is 6.30. The molecule has 5 heteroatoms. The Morgan fingerprint density at radius 2 is 1.83 bits per heavy atom. The topological polar surface area (TPSA) is 60.8 Å². The smallest absolute Gasteiger partial charge is 0.254 e. The summed E-state index contributed by atoms with van der Waals surface area (Å²) in [5, 5.41) is 21.1. The van der Waals surface area contributed by atoms with Crippen molar-refractivity contribution < 1.29 is 15.0 Å². The van der Waals surface area contributed by atoms with Gasteiger partial charge in [0, 0.05) is 18.1 Å². The van der Waals surface area contributed by atoms with Crippen molar-refractivity contribution in [3.63, 3.8) is 0 Å². The average Bonchev–Trinajstić information content (AvgIpc) is 2.59. The van der Waals surface area contributed by atoms with Crippen molar-refractivity contribution in [2.45, 2.75) is 25.2 Å². The van der Waals surface area contributed by atoms with E-state index in [4.69, 9.17) is 11.6 Å². The van der Waals surface area contributed by atoms with Gasteiger partial charge in [0.2, 0.25) is 0 Å². The first-order chi connectivity index (χ1) is 11.1. The molecule has 0 saturated heterocycles. The van der Waals surface area contributed by atoms with Gasteiger partial charge < -0.3 is 15.1 Å². The minimum atomic E-state index is -1.47. The van der Waals surface area contributed by atoms with Crippen LogP contribution in [0.25, 0.3) is 0 Å². The first-order valence-corrected chi connectivity index (χ1v) is 7.91. The maximum atomic E-state index is 12.5. The molecule has 0 aromatic heterocycles. The molecule has 2 aromatic carbocycles. The van der Waals surface area contributed by atoms with Gasteiger partial charge in [-0.15, -0.1) is 0 Å². The number of aliphatic hydroxyl groups is 2. The molecule has 3 rings (SSSR count). The number of rotatable bonds is 3. The van der Waals surface area contributed by atoms with E-state index in [0.29, 0.717) is 30.1 Å².